The number of nitrogens with two attached hydrogens (primary N) is 1. The molecule has 0 aliphatic heterocycles. The van der Waals surface area contributed by atoms with E-state index in [-0.39, 0.29) is 24.5 Å². The maximum Gasteiger partial charge on any atom is 0.226 e. The summed E-state index contributed by atoms with van der Waals surface area (Å²) in [6.07, 6.45) is 6.00. The largest absolute Gasteiger partial charge is 0.395 e. The van der Waals surface area contributed by atoms with Crippen LogP contribution in [0.3, 0.4) is 0 Å². The molecule has 0 atom stereocenters. The summed E-state index contributed by atoms with van der Waals surface area (Å²) in [4.78, 5) is 14.1. The van der Waals surface area contributed by atoms with Gasteiger partial charge in [-0.3, -0.25) is 4.79 Å². The van der Waals surface area contributed by atoms with Gasteiger partial charge >= 0.3 is 0 Å². The minimum Gasteiger partial charge on any atom is -0.395 e. The van der Waals surface area contributed by atoms with Crippen molar-refractivity contribution in [3.05, 3.63) is 0 Å². The molecule has 92 valence electrons. The maximum atomic E-state index is 12.3. The first-order valence-electron chi connectivity index (χ1n) is 6.39. The minimum absolute atomic E-state index is 0.0779. The molecule has 2 aliphatic carbocycles. The Morgan fingerprint density at radius 2 is 1.81 bits per heavy atom. The molecular formula is C12H22N2O2. The number of rotatable bonds is 4. The van der Waals surface area contributed by atoms with Crippen molar-refractivity contribution in [2.24, 2.45) is 11.7 Å². The van der Waals surface area contributed by atoms with E-state index in [1.807, 2.05) is 4.90 Å². The summed E-state index contributed by atoms with van der Waals surface area (Å²) in [5, 5.41) is 8.99. The van der Waals surface area contributed by atoms with Crippen LogP contribution in [0.4, 0.5) is 0 Å². The van der Waals surface area contributed by atoms with Crippen molar-refractivity contribution in [1.82, 2.24) is 4.90 Å². The lowest BCUT2D eigenvalue weighted by molar-refractivity contribution is -0.137. The Bertz CT molecular complexity index is 245. The summed E-state index contributed by atoms with van der Waals surface area (Å²) >= 11 is 0. The maximum absolute atomic E-state index is 12.3. The second-order valence-electron chi connectivity index (χ2n) is 5.10. The summed E-state index contributed by atoms with van der Waals surface area (Å²) < 4.78 is 0. The van der Waals surface area contributed by atoms with E-state index in [9.17, 15) is 4.79 Å². The summed E-state index contributed by atoms with van der Waals surface area (Å²) in [5.41, 5.74) is 5.84. The second kappa shape index (κ2) is 5.15. The fourth-order valence-electron chi connectivity index (χ4n) is 2.57. The van der Waals surface area contributed by atoms with Crippen LogP contribution in [0.25, 0.3) is 0 Å². The van der Waals surface area contributed by atoms with Gasteiger partial charge in [-0.1, -0.05) is 0 Å². The summed E-state index contributed by atoms with van der Waals surface area (Å²) in [5.74, 6) is 0.412. The predicted molar refractivity (Wildman–Crippen MR) is 61.8 cm³/mol. The van der Waals surface area contributed by atoms with Crippen molar-refractivity contribution >= 4 is 5.91 Å². The Hall–Kier alpha value is -0.610. The fraction of sp³-hybridized carbons (Fsp3) is 0.917. The molecule has 16 heavy (non-hydrogen) atoms. The van der Waals surface area contributed by atoms with Gasteiger partial charge in [-0.15, -0.1) is 0 Å². The molecule has 3 N–H and O–H groups in total. The molecule has 0 unspecified atom stereocenters. The Balaban J connectivity index is 1.88. The molecule has 0 spiro atoms. The first-order valence-corrected chi connectivity index (χ1v) is 6.39. The highest BCUT2D eigenvalue weighted by molar-refractivity contribution is 5.79. The van der Waals surface area contributed by atoms with E-state index in [0.717, 1.165) is 38.5 Å². The number of carbonyl (C=O) groups is 1. The Kier molecular flexibility index (Phi) is 3.82. The molecule has 0 aromatic heterocycles. The quantitative estimate of drug-likeness (QED) is 0.733. The average Bonchev–Trinajstić information content (AvgIpc) is 3.10. The zero-order chi connectivity index (χ0) is 11.5. The minimum atomic E-state index is 0.0779. The Morgan fingerprint density at radius 3 is 2.31 bits per heavy atom. The van der Waals surface area contributed by atoms with Crippen LogP contribution in [0.5, 0.6) is 0 Å². The molecule has 0 radical (unpaired) electrons. The van der Waals surface area contributed by atoms with E-state index in [1.165, 1.54) is 0 Å². The average molecular weight is 226 g/mol. The van der Waals surface area contributed by atoms with Crippen LogP contribution in [0.1, 0.15) is 38.5 Å². The number of amides is 1. The van der Waals surface area contributed by atoms with Crippen LogP contribution in [-0.4, -0.2) is 41.1 Å². The Labute approximate surface area is 96.8 Å². The van der Waals surface area contributed by atoms with Gasteiger partial charge in [0.05, 0.1) is 6.61 Å². The van der Waals surface area contributed by atoms with Crippen molar-refractivity contribution < 1.29 is 9.90 Å². The van der Waals surface area contributed by atoms with Crippen LogP contribution < -0.4 is 5.73 Å². The van der Waals surface area contributed by atoms with Gasteiger partial charge in [-0.25, -0.2) is 0 Å². The molecular weight excluding hydrogens is 204 g/mol. The first kappa shape index (κ1) is 11.9. The lowest BCUT2D eigenvalue weighted by atomic mass is 9.85. The van der Waals surface area contributed by atoms with Gasteiger partial charge in [0.2, 0.25) is 5.91 Å². The second-order valence-corrected chi connectivity index (χ2v) is 5.10. The standard InChI is InChI=1S/C12H22N2O2/c13-10-3-1-9(2-4-10)12(16)14(7-8-15)11-5-6-11/h9-11,15H,1-8,13H2. The smallest absolute Gasteiger partial charge is 0.226 e. The molecule has 2 saturated carbocycles. The van der Waals surface area contributed by atoms with Gasteiger partial charge in [0.15, 0.2) is 0 Å². The number of aliphatic hydroxyl groups is 1. The highest BCUT2D eigenvalue weighted by atomic mass is 16.3. The van der Waals surface area contributed by atoms with E-state index >= 15 is 0 Å². The summed E-state index contributed by atoms with van der Waals surface area (Å²) in [6, 6.07) is 0.700. The van der Waals surface area contributed by atoms with Crippen LogP contribution in [0, 0.1) is 5.92 Å². The van der Waals surface area contributed by atoms with E-state index in [0.29, 0.717) is 12.6 Å². The molecule has 1 amide bonds. The normalized spacial score (nSPS) is 30.1. The SMILES string of the molecule is NC1CCC(C(=O)N(CCO)C2CC2)CC1. The number of carbonyl (C=O) groups excluding carboxylic acids is 1. The zero-order valence-corrected chi connectivity index (χ0v) is 9.77. The number of nitrogens with zero attached hydrogens (tertiary/aromatic N) is 1. The van der Waals surface area contributed by atoms with Gasteiger partial charge in [0.25, 0.3) is 0 Å². The molecule has 0 aromatic carbocycles. The zero-order valence-electron chi connectivity index (χ0n) is 9.77. The number of aliphatic hydroxyl groups excluding tert-OH is 1. The van der Waals surface area contributed by atoms with Crippen LogP contribution in [0.2, 0.25) is 0 Å². The monoisotopic (exact) mass is 226 g/mol. The van der Waals surface area contributed by atoms with Crippen molar-refractivity contribution in [2.75, 3.05) is 13.2 Å². The van der Waals surface area contributed by atoms with Crippen molar-refractivity contribution in [1.29, 1.82) is 0 Å². The van der Waals surface area contributed by atoms with E-state index in [4.69, 9.17) is 10.8 Å². The van der Waals surface area contributed by atoms with Gasteiger partial charge < -0.3 is 15.7 Å². The van der Waals surface area contributed by atoms with Crippen molar-refractivity contribution in [3.63, 3.8) is 0 Å². The van der Waals surface area contributed by atoms with Crippen molar-refractivity contribution in [2.45, 2.75) is 50.6 Å². The van der Waals surface area contributed by atoms with Gasteiger partial charge in [0.1, 0.15) is 0 Å². The fourth-order valence-corrected chi connectivity index (χ4v) is 2.57. The summed E-state index contributed by atoms with van der Waals surface area (Å²) in [7, 11) is 0. The molecule has 4 nitrogen and oxygen atoms in total. The van der Waals surface area contributed by atoms with E-state index in [2.05, 4.69) is 0 Å². The topological polar surface area (TPSA) is 66.6 Å². The lowest BCUT2D eigenvalue weighted by Crippen LogP contribution is -2.42. The van der Waals surface area contributed by atoms with Crippen LogP contribution in [-0.2, 0) is 4.79 Å². The van der Waals surface area contributed by atoms with E-state index < -0.39 is 0 Å². The van der Waals surface area contributed by atoms with Crippen molar-refractivity contribution in [3.8, 4) is 0 Å². The highest BCUT2D eigenvalue weighted by Crippen LogP contribution is 2.31. The lowest BCUT2D eigenvalue weighted by Gasteiger charge is -2.30. The highest BCUT2D eigenvalue weighted by Gasteiger charge is 2.36. The molecule has 2 rings (SSSR count). The molecule has 2 fully saturated rings. The molecule has 0 bridgehead atoms. The third kappa shape index (κ3) is 2.74. The molecule has 0 saturated heterocycles. The predicted octanol–water partition coefficient (Wildman–Crippen LogP) is 0.487. The number of hydrogen-bond donors (Lipinski definition) is 2. The van der Waals surface area contributed by atoms with Crippen LogP contribution in [0.15, 0.2) is 0 Å². The summed E-state index contributed by atoms with van der Waals surface area (Å²) in [6.45, 7) is 0.584. The van der Waals surface area contributed by atoms with E-state index in [1.54, 1.807) is 0 Å². The molecule has 4 heteroatoms. The molecule has 0 aromatic rings. The third-order valence-electron chi connectivity index (χ3n) is 3.73. The first-order chi connectivity index (χ1) is 7.72. The van der Waals surface area contributed by atoms with Gasteiger partial charge in [0, 0.05) is 24.5 Å². The van der Waals surface area contributed by atoms with Gasteiger partial charge in [-0.05, 0) is 38.5 Å². The molecule has 2 aliphatic rings. The van der Waals surface area contributed by atoms with Crippen LogP contribution >= 0.6 is 0 Å². The number of hydrogen-bond acceptors (Lipinski definition) is 3. The third-order valence-corrected chi connectivity index (χ3v) is 3.73. The molecule has 0 heterocycles. The van der Waals surface area contributed by atoms with Gasteiger partial charge in [-0.2, -0.15) is 0 Å². The Morgan fingerprint density at radius 1 is 1.19 bits per heavy atom.